The van der Waals surface area contributed by atoms with Crippen LogP contribution in [0.25, 0.3) is 0 Å². The van der Waals surface area contributed by atoms with Crippen molar-refractivity contribution in [3.8, 4) is 5.75 Å². The fourth-order valence-electron chi connectivity index (χ4n) is 1.13. The van der Waals surface area contributed by atoms with Crippen LogP contribution < -0.4 is 4.74 Å². The Balaban J connectivity index is 2.68. The molecule has 0 heterocycles. The van der Waals surface area contributed by atoms with E-state index in [-0.39, 0.29) is 6.10 Å². The van der Waals surface area contributed by atoms with E-state index in [9.17, 15) is 4.39 Å². The molecule has 1 N–H and O–H groups in total. The summed E-state index contributed by atoms with van der Waals surface area (Å²) < 4.78 is 18.4. The van der Waals surface area contributed by atoms with Crippen LogP contribution in [0.3, 0.4) is 0 Å². The first-order valence-electron chi connectivity index (χ1n) is 4.65. The predicted molar refractivity (Wildman–Crippen MR) is 53.1 cm³/mol. The fraction of sp³-hybridized carbons (Fsp3) is 0.455. The van der Waals surface area contributed by atoms with Crippen molar-refractivity contribution in [2.45, 2.75) is 26.1 Å². The molecule has 3 heteroatoms. The minimum atomic E-state index is -1.30. The molecular weight excluding hydrogens is 183 g/mol. The second-order valence-corrected chi connectivity index (χ2v) is 3.39. The molecule has 1 aromatic rings. The number of alkyl halides is 1. The third kappa shape index (κ3) is 3.00. The minimum absolute atomic E-state index is 0.111. The van der Waals surface area contributed by atoms with E-state index in [0.29, 0.717) is 11.3 Å². The second kappa shape index (κ2) is 4.96. The number of hydrogen-bond donors (Lipinski definition) is 1. The zero-order valence-corrected chi connectivity index (χ0v) is 8.40. The molecule has 0 aromatic heterocycles. The van der Waals surface area contributed by atoms with Gasteiger partial charge in [-0.15, -0.1) is 0 Å². The van der Waals surface area contributed by atoms with Gasteiger partial charge in [-0.3, -0.25) is 0 Å². The number of aliphatic hydroxyl groups excluding tert-OH is 1. The van der Waals surface area contributed by atoms with E-state index < -0.39 is 12.8 Å². The van der Waals surface area contributed by atoms with Gasteiger partial charge in [0.25, 0.3) is 0 Å². The van der Waals surface area contributed by atoms with Gasteiger partial charge in [-0.05, 0) is 31.5 Å². The summed E-state index contributed by atoms with van der Waals surface area (Å²) in [6, 6.07) is 6.66. The molecule has 78 valence electrons. The average molecular weight is 198 g/mol. The summed E-state index contributed by atoms with van der Waals surface area (Å²) in [6.07, 6.45) is -1.19. The van der Waals surface area contributed by atoms with Crippen molar-refractivity contribution in [3.05, 3.63) is 29.8 Å². The molecule has 0 fully saturated rings. The highest BCUT2D eigenvalue weighted by atomic mass is 19.1. The highest BCUT2D eigenvalue weighted by Crippen LogP contribution is 2.20. The molecule has 1 aromatic carbocycles. The van der Waals surface area contributed by atoms with E-state index in [1.165, 1.54) is 0 Å². The zero-order valence-electron chi connectivity index (χ0n) is 8.40. The van der Waals surface area contributed by atoms with Gasteiger partial charge in [-0.25, -0.2) is 4.39 Å². The van der Waals surface area contributed by atoms with Crippen LogP contribution in [-0.2, 0) is 0 Å². The monoisotopic (exact) mass is 198 g/mol. The number of benzene rings is 1. The number of rotatable bonds is 4. The van der Waals surface area contributed by atoms with Crippen LogP contribution in [0.15, 0.2) is 24.3 Å². The molecule has 1 rings (SSSR count). The SMILES string of the molecule is CC(C)Oc1ccc(C(F)CO)cc1. The Kier molecular flexibility index (Phi) is 3.89. The molecule has 0 saturated carbocycles. The predicted octanol–water partition coefficient (Wildman–Crippen LogP) is 2.48. The fourth-order valence-corrected chi connectivity index (χ4v) is 1.13. The maximum atomic E-state index is 13.0. The van der Waals surface area contributed by atoms with Gasteiger partial charge in [-0.2, -0.15) is 0 Å². The Hall–Kier alpha value is -1.09. The summed E-state index contributed by atoms with van der Waals surface area (Å²) in [5.41, 5.74) is 0.476. The Morgan fingerprint density at radius 1 is 1.29 bits per heavy atom. The van der Waals surface area contributed by atoms with E-state index in [2.05, 4.69) is 0 Å². The molecule has 0 amide bonds. The molecule has 0 spiro atoms. The normalized spacial score (nSPS) is 12.9. The van der Waals surface area contributed by atoms with Crippen LogP contribution in [0.1, 0.15) is 25.6 Å². The average Bonchev–Trinajstić information content (AvgIpc) is 2.17. The first-order chi connectivity index (χ1) is 6.63. The van der Waals surface area contributed by atoms with Crippen molar-refractivity contribution in [2.75, 3.05) is 6.61 Å². The van der Waals surface area contributed by atoms with E-state index in [1.54, 1.807) is 24.3 Å². The zero-order chi connectivity index (χ0) is 10.6. The maximum absolute atomic E-state index is 13.0. The maximum Gasteiger partial charge on any atom is 0.148 e. The summed E-state index contributed by atoms with van der Waals surface area (Å²) >= 11 is 0. The van der Waals surface area contributed by atoms with E-state index >= 15 is 0 Å². The summed E-state index contributed by atoms with van der Waals surface area (Å²) in [4.78, 5) is 0. The molecule has 0 saturated heterocycles. The molecule has 0 aliphatic rings. The Bertz CT molecular complexity index is 269. The first kappa shape index (κ1) is 11.0. The molecule has 1 unspecified atom stereocenters. The molecular formula is C11H15FO2. The number of hydrogen-bond acceptors (Lipinski definition) is 2. The Morgan fingerprint density at radius 3 is 2.29 bits per heavy atom. The summed E-state index contributed by atoms with van der Waals surface area (Å²) in [5.74, 6) is 0.717. The van der Waals surface area contributed by atoms with E-state index in [1.807, 2.05) is 13.8 Å². The van der Waals surface area contributed by atoms with Gasteiger partial charge in [0.05, 0.1) is 12.7 Å². The largest absolute Gasteiger partial charge is 0.491 e. The quantitative estimate of drug-likeness (QED) is 0.805. The lowest BCUT2D eigenvalue weighted by molar-refractivity contribution is 0.179. The van der Waals surface area contributed by atoms with Crippen molar-refractivity contribution < 1.29 is 14.2 Å². The Morgan fingerprint density at radius 2 is 1.86 bits per heavy atom. The highest BCUT2D eigenvalue weighted by molar-refractivity contribution is 5.28. The van der Waals surface area contributed by atoms with Gasteiger partial charge >= 0.3 is 0 Å². The van der Waals surface area contributed by atoms with Crippen LogP contribution in [0, 0.1) is 0 Å². The molecule has 0 aliphatic heterocycles. The molecule has 0 bridgehead atoms. The molecule has 1 atom stereocenters. The van der Waals surface area contributed by atoms with Crippen molar-refractivity contribution in [1.29, 1.82) is 0 Å². The van der Waals surface area contributed by atoms with Crippen LogP contribution in [0.4, 0.5) is 4.39 Å². The molecule has 0 aliphatic carbocycles. The van der Waals surface area contributed by atoms with Crippen LogP contribution in [0.5, 0.6) is 5.75 Å². The van der Waals surface area contributed by atoms with Gasteiger partial charge < -0.3 is 9.84 Å². The third-order valence-corrected chi connectivity index (χ3v) is 1.77. The topological polar surface area (TPSA) is 29.5 Å². The lowest BCUT2D eigenvalue weighted by Gasteiger charge is -2.10. The lowest BCUT2D eigenvalue weighted by atomic mass is 10.1. The third-order valence-electron chi connectivity index (χ3n) is 1.77. The first-order valence-corrected chi connectivity index (χ1v) is 4.65. The number of halogens is 1. The molecule has 14 heavy (non-hydrogen) atoms. The second-order valence-electron chi connectivity index (χ2n) is 3.39. The minimum Gasteiger partial charge on any atom is -0.491 e. The summed E-state index contributed by atoms with van der Waals surface area (Å²) in [5, 5.41) is 8.60. The van der Waals surface area contributed by atoms with Crippen molar-refractivity contribution >= 4 is 0 Å². The van der Waals surface area contributed by atoms with E-state index in [4.69, 9.17) is 9.84 Å². The molecule has 2 nitrogen and oxygen atoms in total. The highest BCUT2D eigenvalue weighted by Gasteiger charge is 2.07. The van der Waals surface area contributed by atoms with Gasteiger partial charge in [0, 0.05) is 0 Å². The molecule has 0 radical (unpaired) electrons. The number of ether oxygens (including phenoxy) is 1. The summed E-state index contributed by atoms with van der Waals surface area (Å²) in [7, 11) is 0. The van der Waals surface area contributed by atoms with Crippen molar-refractivity contribution in [2.24, 2.45) is 0 Å². The van der Waals surface area contributed by atoms with Gasteiger partial charge in [-0.1, -0.05) is 12.1 Å². The van der Waals surface area contributed by atoms with Crippen LogP contribution in [-0.4, -0.2) is 17.8 Å². The number of aliphatic hydroxyl groups is 1. The van der Waals surface area contributed by atoms with Gasteiger partial charge in [0.15, 0.2) is 0 Å². The van der Waals surface area contributed by atoms with Crippen molar-refractivity contribution in [1.82, 2.24) is 0 Å². The standard InChI is InChI=1S/C11H15FO2/c1-8(2)14-10-5-3-9(4-6-10)11(12)7-13/h3-6,8,11,13H,7H2,1-2H3. The lowest BCUT2D eigenvalue weighted by Crippen LogP contribution is -2.05. The van der Waals surface area contributed by atoms with Crippen LogP contribution >= 0.6 is 0 Å². The van der Waals surface area contributed by atoms with Crippen LogP contribution in [0.2, 0.25) is 0 Å². The van der Waals surface area contributed by atoms with Crippen molar-refractivity contribution in [3.63, 3.8) is 0 Å². The summed E-state index contributed by atoms with van der Waals surface area (Å²) in [6.45, 7) is 3.38. The Labute approximate surface area is 83.3 Å². The van der Waals surface area contributed by atoms with Gasteiger partial charge in [0.1, 0.15) is 11.9 Å². The smallest absolute Gasteiger partial charge is 0.148 e. The van der Waals surface area contributed by atoms with Gasteiger partial charge in [0.2, 0.25) is 0 Å². The van der Waals surface area contributed by atoms with E-state index in [0.717, 1.165) is 0 Å².